The van der Waals surface area contributed by atoms with E-state index in [1.165, 1.54) is 89.9 Å². The topological polar surface area (TPSA) is 231 Å². The lowest BCUT2D eigenvalue weighted by Gasteiger charge is -2.21. The van der Waals surface area contributed by atoms with Gasteiger partial charge in [0, 0.05) is 19.3 Å². The maximum Gasteiger partial charge on any atom is 0.472 e. The largest absolute Gasteiger partial charge is 0.472 e. The Morgan fingerprint density at radius 2 is 0.535 bits per heavy atom. The predicted molar refractivity (Wildman–Crippen MR) is 417 cm³/mol. The highest BCUT2D eigenvalue weighted by atomic mass is 31.2. The van der Waals surface area contributed by atoms with Crippen molar-refractivity contribution in [2.24, 2.45) is 0 Å². The van der Waals surface area contributed by atoms with Crippen LogP contribution in [0.25, 0.3) is 0 Å². The van der Waals surface area contributed by atoms with Crippen molar-refractivity contribution in [1.82, 2.24) is 0 Å². The number of hydrogen-bond acceptors (Lipinski definition) is 14. The molecule has 0 aromatic carbocycles. The Morgan fingerprint density at radius 3 is 0.871 bits per heavy atom. The summed E-state index contributed by atoms with van der Waals surface area (Å²) in [7, 11) is -9.79. The first-order valence-electron chi connectivity index (χ1n) is 39.5. The predicted octanol–water partition coefficient (Wildman–Crippen LogP) is 23.1. The smallest absolute Gasteiger partial charge is 0.463 e. The monoisotopic (exact) mass is 1460 g/mol. The minimum absolute atomic E-state index is 0.0897. The van der Waals surface area contributed by atoms with Crippen molar-refractivity contribution < 1.29 is 75.8 Å². The number of rotatable bonds is 74. The maximum absolute atomic E-state index is 12.9. The lowest BCUT2D eigenvalue weighted by Crippen LogP contribution is -2.30. The number of aliphatic hydroxyl groups is 2. The molecule has 18 heteroatoms. The van der Waals surface area contributed by atoms with E-state index >= 15 is 0 Å². The van der Waals surface area contributed by atoms with Crippen molar-refractivity contribution in [3.8, 4) is 0 Å². The van der Waals surface area contributed by atoms with Crippen LogP contribution in [0.4, 0.5) is 0 Å². The summed E-state index contributed by atoms with van der Waals surface area (Å²) in [5, 5.41) is 20.6. The van der Waals surface area contributed by atoms with Crippen LogP contribution in [-0.4, -0.2) is 95.9 Å². The number of carbonyl (C=O) groups excluding carboxylic acids is 3. The normalized spacial score (nSPS) is 14.7. The van der Waals surface area contributed by atoms with Gasteiger partial charge in [0.05, 0.1) is 26.4 Å². The van der Waals surface area contributed by atoms with Gasteiger partial charge in [0.2, 0.25) is 0 Å². The molecule has 0 rings (SSSR count). The summed E-state index contributed by atoms with van der Waals surface area (Å²) in [6.07, 6.45) is 90.8. The fourth-order valence-electron chi connectivity index (χ4n) is 10.3. The van der Waals surface area contributed by atoms with Crippen molar-refractivity contribution in [3.05, 3.63) is 134 Å². The molecule has 0 spiro atoms. The van der Waals surface area contributed by atoms with Gasteiger partial charge in [-0.25, -0.2) is 9.13 Å². The molecule has 0 bridgehead atoms. The lowest BCUT2D eigenvalue weighted by molar-refractivity contribution is -0.161. The van der Waals surface area contributed by atoms with Crippen LogP contribution < -0.4 is 0 Å². The van der Waals surface area contributed by atoms with Crippen molar-refractivity contribution in [2.75, 3.05) is 39.6 Å². The Labute approximate surface area is 614 Å². The molecular weight excluding hydrogens is 1310 g/mol. The van der Waals surface area contributed by atoms with Crippen LogP contribution in [0.2, 0.25) is 0 Å². The Kier molecular flexibility index (Phi) is 72.2. The van der Waals surface area contributed by atoms with E-state index in [0.29, 0.717) is 19.3 Å². The fraction of sp³-hybridized carbons (Fsp3) is 0.699. The molecule has 0 aliphatic rings. The molecule has 0 radical (unpaired) electrons. The second-order valence-corrected chi connectivity index (χ2v) is 29.0. The highest BCUT2D eigenvalue weighted by Gasteiger charge is 2.29. The zero-order chi connectivity index (χ0) is 73.7. The number of hydrogen-bond donors (Lipinski definition) is 4. The van der Waals surface area contributed by atoms with E-state index in [1.54, 1.807) is 0 Å². The van der Waals surface area contributed by atoms with E-state index in [1.807, 2.05) is 0 Å². The molecule has 0 saturated heterocycles. The van der Waals surface area contributed by atoms with Gasteiger partial charge in [-0.15, -0.1) is 0 Å². The molecule has 4 N–H and O–H groups in total. The zero-order valence-corrected chi connectivity index (χ0v) is 65.1. The molecule has 101 heavy (non-hydrogen) atoms. The summed E-state index contributed by atoms with van der Waals surface area (Å²) in [4.78, 5) is 58.5. The number of esters is 3. The first-order chi connectivity index (χ1) is 49.2. The molecule has 5 unspecified atom stereocenters. The minimum Gasteiger partial charge on any atom is -0.463 e. The van der Waals surface area contributed by atoms with Crippen LogP contribution in [0.1, 0.15) is 316 Å². The van der Waals surface area contributed by atoms with Crippen LogP contribution in [0, 0.1) is 0 Å². The maximum atomic E-state index is 12.9. The van der Waals surface area contributed by atoms with E-state index < -0.39 is 91.5 Å². The first-order valence-corrected chi connectivity index (χ1v) is 42.5. The van der Waals surface area contributed by atoms with E-state index in [-0.39, 0.29) is 19.3 Å². The first kappa shape index (κ1) is 96.7. The van der Waals surface area contributed by atoms with Crippen LogP contribution >= 0.6 is 15.6 Å². The van der Waals surface area contributed by atoms with Gasteiger partial charge in [-0.05, 0) is 135 Å². The molecule has 0 saturated carbocycles. The molecule has 0 amide bonds. The van der Waals surface area contributed by atoms with E-state index in [2.05, 4.69) is 154 Å². The second kappa shape index (κ2) is 75.4. The Hall–Kier alpha value is -4.31. The zero-order valence-electron chi connectivity index (χ0n) is 63.3. The summed E-state index contributed by atoms with van der Waals surface area (Å²) in [6, 6.07) is 0. The second-order valence-electron chi connectivity index (χ2n) is 26.1. The highest BCUT2D eigenvalue weighted by Crippen LogP contribution is 2.45. The Balaban J connectivity index is 4.44. The van der Waals surface area contributed by atoms with E-state index in [0.717, 1.165) is 167 Å². The summed E-state index contributed by atoms with van der Waals surface area (Å²) in [5.41, 5.74) is 0. The van der Waals surface area contributed by atoms with Crippen molar-refractivity contribution in [1.29, 1.82) is 0 Å². The average Bonchev–Trinajstić information content (AvgIpc) is 0.947. The molecule has 0 aliphatic heterocycles. The minimum atomic E-state index is -4.93. The number of aliphatic hydroxyl groups excluding tert-OH is 2. The van der Waals surface area contributed by atoms with Crippen LogP contribution in [0.15, 0.2) is 134 Å². The number of phosphoric ester groups is 2. The number of unbranched alkanes of at least 4 members (excludes halogenated alkanes) is 29. The number of ether oxygens (including phenoxy) is 3. The summed E-state index contributed by atoms with van der Waals surface area (Å²) in [5.74, 6) is -1.60. The molecule has 16 nitrogen and oxygen atoms in total. The lowest BCUT2D eigenvalue weighted by atomic mass is 10.0. The molecule has 5 atom stereocenters. The number of carbonyl (C=O) groups is 3. The molecule has 0 aromatic rings. The van der Waals surface area contributed by atoms with Crippen LogP contribution in [0.5, 0.6) is 0 Å². The standard InChI is InChI=1S/C83H142O16P2/c1-4-7-10-13-16-19-22-24-26-28-30-32-34-35-36-37-38-39-40-41-43-45-46-48-50-52-55-57-60-63-66-69-81(86)93-72-78(84)73-95-100(89,90)96-74-79(85)75-97-101(91,92)98-77-80(99-83(88)71-68-65-62-59-54-21-18-15-12-9-6-3)76-94-82(87)70-67-64-61-58-56-53-51-49-47-44-42-33-31-29-27-25-23-20-17-14-11-8-5-2/h7,10,15-20,24-27,30-33,35-36,38-39,44,47,78-80,84-85H,4-6,8-9,11-14,21-23,28-29,34,37,40-43,45-46,48-77H2,1-3H3,(H,89,90)(H,91,92)/b10-7-,18-15-,19-16-,20-17-,26-24-,27-25-,32-30-,33-31-,36-35-,39-38-,47-44-. The van der Waals surface area contributed by atoms with Crippen molar-refractivity contribution in [2.45, 2.75) is 334 Å². The van der Waals surface area contributed by atoms with Gasteiger partial charge in [-0.3, -0.25) is 32.5 Å². The number of phosphoric acid groups is 2. The SMILES string of the molecule is CC/C=C\C/C=C\C/C=C\C/C=C\C/C=C\C/C=C\CCCCCCCCCCCCCCC(=O)OCC(O)COP(=O)(O)OCC(O)COP(=O)(O)OCC(COC(=O)CCCCCCCCC/C=C\C/C=C\C/C=C\C/C=C\CCCCC)OC(=O)CCCCCCC/C=C\CCCC. The molecule has 0 aliphatic carbocycles. The molecule has 580 valence electrons. The summed E-state index contributed by atoms with van der Waals surface area (Å²) >= 11 is 0. The Morgan fingerprint density at radius 1 is 0.287 bits per heavy atom. The molecular formula is C83H142O16P2. The Bertz CT molecular complexity index is 2370. The third-order valence-corrected chi connectivity index (χ3v) is 18.2. The van der Waals surface area contributed by atoms with Gasteiger partial charge < -0.3 is 34.2 Å². The fourth-order valence-corrected chi connectivity index (χ4v) is 11.9. The third-order valence-electron chi connectivity index (χ3n) is 16.3. The molecule has 0 heterocycles. The average molecular weight is 1460 g/mol. The van der Waals surface area contributed by atoms with Gasteiger partial charge in [0.1, 0.15) is 25.4 Å². The van der Waals surface area contributed by atoms with E-state index in [4.69, 9.17) is 32.3 Å². The van der Waals surface area contributed by atoms with Gasteiger partial charge in [0.15, 0.2) is 6.10 Å². The summed E-state index contributed by atoms with van der Waals surface area (Å²) < 4.78 is 61.0. The number of allylic oxidation sites excluding steroid dienone is 22. The van der Waals surface area contributed by atoms with Crippen molar-refractivity contribution in [3.63, 3.8) is 0 Å². The van der Waals surface area contributed by atoms with Crippen LogP contribution in [-0.2, 0) is 55.8 Å². The van der Waals surface area contributed by atoms with Crippen molar-refractivity contribution >= 4 is 33.6 Å². The van der Waals surface area contributed by atoms with Gasteiger partial charge >= 0.3 is 33.6 Å². The van der Waals surface area contributed by atoms with Gasteiger partial charge in [-0.1, -0.05) is 296 Å². The quantitative estimate of drug-likeness (QED) is 0.0146. The van der Waals surface area contributed by atoms with E-state index in [9.17, 15) is 43.5 Å². The van der Waals surface area contributed by atoms with Crippen LogP contribution in [0.3, 0.4) is 0 Å². The molecule has 0 aromatic heterocycles. The van der Waals surface area contributed by atoms with Gasteiger partial charge in [0.25, 0.3) is 0 Å². The highest BCUT2D eigenvalue weighted by molar-refractivity contribution is 7.47. The summed E-state index contributed by atoms with van der Waals surface area (Å²) in [6.45, 7) is 2.48. The third kappa shape index (κ3) is 76.6. The van der Waals surface area contributed by atoms with Gasteiger partial charge in [-0.2, -0.15) is 0 Å². The molecule has 0 fully saturated rings.